The van der Waals surface area contributed by atoms with E-state index in [9.17, 15) is 0 Å². The van der Waals surface area contributed by atoms with Gasteiger partial charge in [-0.3, -0.25) is 0 Å². The predicted molar refractivity (Wildman–Crippen MR) is 57.1 cm³/mol. The molecule has 14 heavy (non-hydrogen) atoms. The van der Waals surface area contributed by atoms with E-state index in [4.69, 9.17) is 0 Å². The van der Waals surface area contributed by atoms with Crippen molar-refractivity contribution in [3.8, 4) is 0 Å². The van der Waals surface area contributed by atoms with E-state index in [2.05, 4.69) is 5.32 Å². The Labute approximate surface area is 86.6 Å². The van der Waals surface area contributed by atoms with Crippen LogP contribution in [0, 0.1) is 17.3 Å². The largest absolute Gasteiger partial charge is 0.310 e. The molecule has 78 valence electrons. The fraction of sp³-hybridized carbons (Fsp3) is 1.00. The van der Waals surface area contributed by atoms with Crippen molar-refractivity contribution < 1.29 is 0 Å². The number of rotatable bonds is 1. The van der Waals surface area contributed by atoms with Crippen molar-refractivity contribution in [2.24, 2.45) is 17.3 Å². The van der Waals surface area contributed by atoms with Crippen LogP contribution in [0.5, 0.6) is 0 Å². The van der Waals surface area contributed by atoms with Gasteiger partial charge < -0.3 is 5.32 Å². The van der Waals surface area contributed by atoms with Gasteiger partial charge in [0.05, 0.1) is 0 Å². The Hall–Kier alpha value is -0.0400. The van der Waals surface area contributed by atoms with Gasteiger partial charge in [-0.15, -0.1) is 0 Å². The summed E-state index contributed by atoms with van der Waals surface area (Å²) in [7, 11) is 0. The third kappa shape index (κ3) is 0.778. The van der Waals surface area contributed by atoms with Gasteiger partial charge in [0.25, 0.3) is 0 Å². The van der Waals surface area contributed by atoms with Crippen molar-refractivity contribution >= 4 is 0 Å². The zero-order valence-electron chi connectivity index (χ0n) is 9.02. The van der Waals surface area contributed by atoms with Crippen LogP contribution in [-0.4, -0.2) is 12.1 Å². The lowest BCUT2D eigenvalue weighted by Gasteiger charge is -2.45. The maximum Gasteiger partial charge on any atom is 0.0241 e. The molecule has 0 spiro atoms. The first-order valence-corrected chi connectivity index (χ1v) is 6.57. The van der Waals surface area contributed by atoms with E-state index < -0.39 is 0 Å². The van der Waals surface area contributed by atoms with Gasteiger partial charge in [-0.1, -0.05) is 0 Å². The molecule has 1 heterocycles. The molecule has 1 heteroatoms. The highest BCUT2D eigenvalue weighted by Crippen LogP contribution is 2.64. The highest BCUT2D eigenvalue weighted by Gasteiger charge is 2.61. The van der Waals surface area contributed by atoms with Crippen LogP contribution in [0.3, 0.4) is 0 Å². The zero-order chi connectivity index (χ0) is 9.23. The Balaban J connectivity index is 1.73. The predicted octanol–water partition coefficient (Wildman–Crippen LogP) is 2.71. The van der Waals surface area contributed by atoms with Crippen molar-refractivity contribution in [2.75, 3.05) is 6.54 Å². The third-order valence-corrected chi connectivity index (χ3v) is 6.10. The van der Waals surface area contributed by atoms with E-state index in [1.54, 1.807) is 32.1 Å². The minimum atomic E-state index is 0.628. The molecule has 1 N–H and O–H groups in total. The first kappa shape index (κ1) is 8.15. The second kappa shape index (κ2) is 2.37. The summed E-state index contributed by atoms with van der Waals surface area (Å²) in [5.41, 5.74) is 1.39. The summed E-state index contributed by atoms with van der Waals surface area (Å²) in [6.45, 7) is 1.34. The molecule has 0 aromatic heterocycles. The molecule has 1 aliphatic heterocycles. The Morgan fingerprint density at radius 1 is 0.857 bits per heavy atom. The summed E-state index contributed by atoms with van der Waals surface area (Å²) < 4.78 is 0. The molecule has 3 saturated carbocycles. The van der Waals surface area contributed by atoms with Crippen LogP contribution in [0.4, 0.5) is 0 Å². The average Bonchev–Trinajstić information content (AvgIpc) is 2.98. The van der Waals surface area contributed by atoms with E-state index in [0.29, 0.717) is 5.54 Å². The van der Waals surface area contributed by atoms with Crippen LogP contribution < -0.4 is 5.32 Å². The molecule has 0 radical (unpaired) electrons. The fourth-order valence-corrected chi connectivity index (χ4v) is 5.36. The summed E-state index contributed by atoms with van der Waals surface area (Å²) in [5.74, 6) is 2.16. The van der Waals surface area contributed by atoms with Crippen molar-refractivity contribution in [1.29, 1.82) is 0 Å². The summed E-state index contributed by atoms with van der Waals surface area (Å²) in [6, 6.07) is 0. The van der Waals surface area contributed by atoms with Crippen LogP contribution >= 0.6 is 0 Å². The van der Waals surface area contributed by atoms with Gasteiger partial charge >= 0.3 is 0 Å². The molecule has 1 nitrogen and oxygen atoms in total. The lowest BCUT2D eigenvalue weighted by atomic mass is 9.66. The van der Waals surface area contributed by atoms with Gasteiger partial charge in [0.2, 0.25) is 0 Å². The molecule has 0 aromatic rings. The van der Waals surface area contributed by atoms with E-state index >= 15 is 0 Å². The topological polar surface area (TPSA) is 12.0 Å². The van der Waals surface area contributed by atoms with Crippen molar-refractivity contribution in [3.05, 3.63) is 0 Å². The molecular weight excluding hydrogens is 170 g/mol. The normalized spacial score (nSPS) is 60.0. The maximum atomic E-state index is 3.93. The van der Waals surface area contributed by atoms with Crippen LogP contribution in [0.25, 0.3) is 0 Å². The third-order valence-electron chi connectivity index (χ3n) is 6.10. The molecule has 2 atom stereocenters. The summed E-state index contributed by atoms with van der Waals surface area (Å²) >= 11 is 0. The minimum Gasteiger partial charge on any atom is -0.310 e. The Morgan fingerprint density at radius 3 is 2.07 bits per heavy atom. The van der Waals surface area contributed by atoms with Crippen LogP contribution in [-0.2, 0) is 0 Å². The van der Waals surface area contributed by atoms with Gasteiger partial charge in [0.15, 0.2) is 0 Å². The molecular formula is C13H21N. The smallest absolute Gasteiger partial charge is 0.0241 e. The van der Waals surface area contributed by atoms with Gasteiger partial charge in [0.1, 0.15) is 0 Å². The SMILES string of the molecule is C1CC2(C34CCC(CN3)C4)CCC1C2. The number of hydrogen-bond donors (Lipinski definition) is 1. The van der Waals surface area contributed by atoms with Gasteiger partial charge in [-0.25, -0.2) is 0 Å². The van der Waals surface area contributed by atoms with Gasteiger partial charge in [-0.05, 0) is 75.2 Å². The minimum absolute atomic E-state index is 0.628. The average molecular weight is 191 g/mol. The number of piperidine rings is 1. The first-order valence-electron chi connectivity index (χ1n) is 6.57. The highest BCUT2D eigenvalue weighted by molar-refractivity contribution is 5.17. The quantitative estimate of drug-likeness (QED) is 0.672. The molecule has 4 fully saturated rings. The summed E-state index contributed by atoms with van der Waals surface area (Å²) in [5, 5.41) is 3.93. The zero-order valence-corrected chi connectivity index (χ0v) is 9.02. The van der Waals surface area contributed by atoms with Gasteiger partial charge in [0, 0.05) is 5.54 Å². The number of nitrogens with one attached hydrogen (secondary N) is 1. The summed E-state index contributed by atoms with van der Waals surface area (Å²) in [6.07, 6.45) is 12.3. The Kier molecular flexibility index (Phi) is 1.38. The molecule has 2 unspecified atom stereocenters. The second-order valence-corrected chi connectivity index (χ2v) is 6.50. The lowest BCUT2D eigenvalue weighted by molar-refractivity contribution is 0.107. The monoisotopic (exact) mass is 191 g/mol. The molecule has 1 saturated heterocycles. The van der Waals surface area contributed by atoms with Crippen LogP contribution in [0.2, 0.25) is 0 Å². The fourth-order valence-electron chi connectivity index (χ4n) is 5.36. The summed E-state index contributed by atoms with van der Waals surface area (Å²) in [4.78, 5) is 0. The lowest BCUT2D eigenvalue weighted by Crippen LogP contribution is -2.53. The molecule has 4 bridgehead atoms. The van der Waals surface area contributed by atoms with Crippen LogP contribution in [0.1, 0.15) is 51.4 Å². The Morgan fingerprint density at radius 2 is 1.64 bits per heavy atom. The Bertz CT molecular complexity index is 226. The van der Waals surface area contributed by atoms with Gasteiger partial charge in [-0.2, -0.15) is 0 Å². The van der Waals surface area contributed by atoms with Crippen LogP contribution in [0.15, 0.2) is 0 Å². The van der Waals surface area contributed by atoms with E-state index in [-0.39, 0.29) is 0 Å². The molecule has 4 rings (SSSR count). The van der Waals surface area contributed by atoms with E-state index in [1.807, 2.05) is 0 Å². The molecule has 3 aliphatic carbocycles. The molecule has 0 aromatic carbocycles. The van der Waals surface area contributed by atoms with E-state index in [1.165, 1.54) is 25.8 Å². The first-order chi connectivity index (χ1) is 6.82. The second-order valence-electron chi connectivity index (χ2n) is 6.50. The highest BCUT2D eigenvalue weighted by atomic mass is 15.1. The van der Waals surface area contributed by atoms with Crippen molar-refractivity contribution in [1.82, 2.24) is 5.32 Å². The standard InChI is InChI=1S/C13H21N/c1-4-12(5-2-10(1)7-12)13-6-3-11(8-13)9-14-13/h10-11,14H,1-9H2. The molecule has 0 amide bonds. The number of hydrogen-bond acceptors (Lipinski definition) is 1. The van der Waals surface area contributed by atoms with E-state index in [0.717, 1.165) is 17.3 Å². The molecule has 4 aliphatic rings. The maximum absolute atomic E-state index is 3.93. The van der Waals surface area contributed by atoms with Crippen molar-refractivity contribution in [3.63, 3.8) is 0 Å². The van der Waals surface area contributed by atoms with Crippen molar-refractivity contribution in [2.45, 2.75) is 56.9 Å². The number of fused-ring (bicyclic) bond motifs is 5.